The maximum atomic E-state index is 12.8. The van der Waals surface area contributed by atoms with Gasteiger partial charge in [0.1, 0.15) is 23.5 Å². The Morgan fingerprint density at radius 2 is 1.77 bits per heavy atom. The fourth-order valence-electron chi connectivity index (χ4n) is 3.20. The van der Waals surface area contributed by atoms with Crippen molar-refractivity contribution in [2.45, 2.75) is 32.9 Å². The van der Waals surface area contributed by atoms with E-state index in [2.05, 4.69) is 0 Å². The minimum absolute atomic E-state index is 0.101. The van der Waals surface area contributed by atoms with Crippen LogP contribution in [0.1, 0.15) is 26.3 Å². The van der Waals surface area contributed by atoms with E-state index in [1.807, 2.05) is 69.3 Å². The number of benzene rings is 2. The van der Waals surface area contributed by atoms with Crippen molar-refractivity contribution in [3.8, 4) is 5.75 Å². The summed E-state index contributed by atoms with van der Waals surface area (Å²) in [4.78, 5) is 26.4. The number of likely N-dealkylation sites (N-methyl/N-ethyl adjacent to an activating group) is 1. The van der Waals surface area contributed by atoms with Crippen molar-refractivity contribution in [3.05, 3.63) is 64.6 Å². The minimum Gasteiger partial charge on any atom is -0.489 e. The zero-order valence-electron chi connectivity index (χ0n) is 18.2. The quantitative estimate of drug-likeness (QED) is 0.621. The molecule has 0 radical (unpaired) electrons. The van der Waals surface area contributed by atoms with Crippen molar-refractivity contribution < 1.29 is 14.3 Å². The van der Waals surface area contributed by atoms with E-state index in [0.717, 1.165) is 16.6 Å². The van der Waals surface area contributed by atoms with Crippen LogP contribution in [0.25, 0.3) is 11.0 Å². The molecule has 0 saturated heterocycles. The van der Waals surface area contributed by atoms with Crippen molar-refractivity contribution in [3.63, 3.8) is 0 Å². The zero-order chi connectivity index (χ0) is 21.9. The van der Waals surface area contributed by atoms with E-state index in [9.17, 15) is 9.59 Å². The summed E-state index contributed by atoms with van der Waals surface area (Å²) in [7, 11) is 3.41. The van der Waals surface area contributed by atoms with E-state index in [1.165, 1.54) is 4.90 Å². The Kier molecular flexibility index (Phi) is 6.20. The Morgan fingerprint density at radius 3 is 2.43 bits per heavy atom. The number of carbonyl (C=O) groups is 1. The monoisotopic (exact) mass is 411 g/mol. The highest BCUT2D eigenvalue weighted by Gasteiger charge is 2.20. The second kappa shape index (κ2) is 8.65. The lowest BCUT2D eigenvalue weighted by Gasteiger charge is -2.24. The number of rotatable bonds is 6. The molecule has 7 nitrogen and oxygen atoms in total. The molecule has 30 heavy (non-hydrogen) atoms. The normalized spacial score (nSPS) is 11.5. The van der Waals surface area contributed by atoms with Crippen LogP contribution in [-0.2, 0) is 18.3 Å². The molecular formula is C23H29N3O4. The van der Waals surface area contributed by atoms with Gasteiger partial charge in [0.15, 0.2) is 0 Å². The summed E-state index contributed by atoms with van der Waals surface area (Å²) in [6.07, 6.45) is -0.397. The number of hydrogen-bond acceptors (Lipinski definition) is 4. The number of nitrogens with zero attached hydrogens (tertiary/aromatic N) is 3. The van der Waals surface area contributed by atoms with Crippen molar-refractivity contribution in [2.75, 3.05) is 20.2 Å². The smallest absolute Gasteiger partial charge is 0.410 e. The maximum Gasteiger partial charge on any atom is 0.410 e. The molecule has 1 heterocycles. The molecular weight excluding hydrogens is 382 g/mol. The van der Waals surface area contributed by atoms with Crippen molar-refractivity contribution in [1.29, 1.82) is 0 Å². The molecule has 3 aromatic rings. The zero-order valence-corrected chi connectivity index (χ0v) is 18.2. The number of imidazole rings is 1. The van der Waals surface area contributed by atoms with Crippen LogP contribution in [0.4, 0.5) is 4.79 Å². The molecule has 0 aliphatic heterocycles. The summed E-state index contributed by atoms with van der Waals surface area (Å²) >= 11 is 0. The largest absolute Gasteiger partial charge is 0.489 e. The summed E-state index contributed by atoms with van der Waals surface area (Å²) in [5.74, 6) is 0.608. The predicted molar refractivity (Wildman–Crippen MR) is 117 cm³/mol. The first-order valence-corrected chi connectivity index (χ1v) is 9.96. The average Bonchev–Trinajstić information content (AvgIpc) is 2.93. The highest BCUT2D eigenvalue weighted by atomic mass is 16.6. The van der Waals surface area contributed by atoms with Gasteiger partial charge in [0.25, 0.3) is 0 Å². The van der Waals surface area contributed by atoms with E-state index >= 15 is 0 Å². The predicted octanol–water partition coefficient (Wildman–Crippen LogP) is 3.63. The number of carbonyl (C=O) groups excluding carboxylic acids is 1. The molecule has 0 N–H and O–H groups in total. The van der Waals surface area contributed by atoms with Gasteiger partial charge in [-0.15, -0.1) is 0 Å². The van der Waals surface area contributed by atoms with Gasteiger partial charge in [-0.25, -0.2) is 9.59 Å². The average molecular weight is 412 g/mol. The van der Waals surface area contributed by atoms with Gasteiger partial charge < -0.3 is 14.4 Å². The molecule has 0 fully saturated rings. The van der Waals surface area contributed by atoms with Gasteiger partial charge >= 0.3 is 11.8 Å². The third-order valence-corrected chi connectivity index (χ3v) is 4.69. The van der Waals surface area contributed by atoms with Crippen LogP contribution >= 0.6 is 0 Å². The Balaban J connectivity index is 1.77. The van der Waals surface area contributed by atoms with Crippen LogP contribution in [0.2, 0.25) is 0 Å². The lowest BCUT2D eigenvalue weighted by atomic mass is 10.2. The van der Waals surface area contributed by atoms with E-state index < -0.39 is 11.7 Å². The topological polar surface area (TPSA) is 65.7 Å². The van der Waals surface area contributed by atoms with Gasteiger partial charge in [-0.3, -0.25) is 9.13 Å². The van der Waals surface area contributed by atoms with Crippen molar-refractivity contribution >= 4 is 17.1 Å². The summed E-state index contributed by atoms with van der Waals surface area (Å²) < 4.78 is 14.6. The molecule has 3 rings (SSSR count). The summed E-state index contributed by atoms with van der Waals surface area (Å²) in [5.41, 5.74) is 1.95. The minimum atomic E-state index is -0.544. The van der Waals surface area contributed by atoms with Gasteiger partial charge in [-0.05, 0) is 38.5 Å². The Labute approximate surface area is 176 Å². The second-order valence-electron chi connectivity index (χ2n) is 8.29. The molecule has 0 atom stereocenters. The molecule has 7 heteroatoms. The number of fused-ring (bicyclic) bond motifs is 1. The molecule has 160 valence electrons. The van der Waals surface area contributed by atoms with E-state index in [0.29, 0.717) is 18.8 Å². The third kappa shape index (κ3) is 4.84. The van der Waals surface area contributed by atoms with Crippen molar-refractivity contribution in [2.24, 2.45) is 7.05 Å². The lowest BCUT2D eigenvalue weighted by molar-refractivity contribution is 0.0278. The fraction of sp³-hybridized carbons (Fsp3) is 0.391. The number of ether oxygens (including phenoxy) is 2. The van der Waals surface area contributed by atoms with Crippen LogP contribution in [0, 0.1) is 0 Å². The first kappa shape index (κ1) is 21.5. The standard InChI is InChI=1S/C23H29N3O4/c1-23(2,3)30-22(28)24(4)14-15-29-19-13-9-12-18-20(19)25(5)21(27)26(18)16-17-10-7-6-8-11-17/h6-13H,14-16H2,1-5H3. The maximum absolute atomic E-state index is 12.8. The molecule has 0 aliphatic carbocycles. The first-order chi connectivity index (χ1) is 14.2. The number of amides is 1. The molecule has 0 unspecified atom stereocenters. The third-order valence-electron chi connectivity index (χ3n) is 4.69. The van der Waals surface area contributed by atoms with Gasteiger partial charge in [0.2, 0.25) is 0 Å². The summed E-state index contributed by atoms with van der Waals surface area (Å²) in [5, 5.41) is 0. The van der Waals surface area contributed by atoms with Gasteiger partial charge in [0.05, 0.1) is 18.6 Å². The number of hydrogen-bond donors (Lipinski definition) is 0. The Morgan fingerprint density at radius 1 is 1.07 bits per heavy atom. The molecule has 2 aromatic carbocycles. The van der Waals surface area contributed by atoms with Crippen LogP contribution in [0.15, 0.2) is 53.3 Å². The molecule has 1 aromatic heterocycles. The number of aryl methyl sites for hydroxylation is 1. The summed E-state index contributed by atoms with van der Waals surface area (Å²) in [6.45, 7) is 6.63. The van der Waals surface area contributed by atoms with E-state index in [4.69, 9.17) is 9.47 Å². The molecule has 1 amide bonds. The number of aromatic nitrogens is 2. The highest BCUT2D eigenvalue weighted by Crippen LogP contribution is 2.25. The van der Waals surface area contributed by atoms with Crippen molar-refractivity contribution in [1.82, 2.24) is 14.0 Å². The second-order valence-corrected chi connectivity index (χ2v) is 8.29. The van der Waals surface area contributed by atoms with Crippen LogP contribution in [-0.4, -0.2) is 45.9 Å². The fourth-order valence-corrected chi connectivity index (χ4v) is 3.20. The molecule has 0 bridgehead atoms. The summed E-state index contributed by atoms with van der Waals surface area (Å²) in [6, 6.07) is 15.5. The lowest BCUT2D eigenvalue weighted by Crippen LogP contribution is -2.36. The molecule has 0 aliphatic rings. The highest BCUT2D eigenvalue weighted by molar-refractivity contribution is 5.82. The Hall–Kier alpha value is -3.22. The molecule has 0 spiro atoms. The molecule has 0 saturated carbocycles. The van der Waals surface area contributed by atoms with Gasteiger partial charge in [-0.2, -0.15) is 0 Å². The first-order valence-electron chi connectivity index (χ1n) is 9.96. The van der Waals surface area contributed by atoms with E-state index in [-0.39, 0.29) is 12.3 Å². The van der Waals surface area contributed by atoms with Crippen LogP contribution in [0.3, 0.4) is 0 Å². The Bertz CT molecular complexity index is 1080. The van der Waals surface area contributed by atoms with Crippen LogP contribution in [0.5, 0.6) is 5.75 Å². The van der Waals surface area contributed by atoms with Gasteiger partial charge in [-0.1, -0.05) is 36.4 Å². The number of para-hydroxylation sites is 1. The SMILES string of the molecule is CN(CCOc1cccc2c1n(C)c(=O)n2Cc1ccccc1)C(=O)OC(C)(C)C. The van der Waals surface area contributed by atoms with E-state index in [1.54, 1.807) is 23.2 Å². The van der Waals surface area contributed by atoms with Crippen LogP contribution < -0.4 is 10.4 Å². The van der Waals surface area contributed by atoms with Gasteiger partial charge in [0, 0.05) is 14.1 Å².